The Labute approximate surface area is 144 Å². The van der Waals surface area contributed by atoms with Crippen LogP contribution in [-0.4, -0.2) is 11.2 Å². The Morgan fingerprint density at radius 1 is 0.957 bits per heavy atom. The highest BCUT2D eigenvalue weighted by Gasteiger charge is 2.15. The second-order valence-electron chi connectivity index (χ2n) is 5.91. The highest BCUT2D eigenvalue weighted by Crippen LogP contribution is 2.32. The van der Waals surface area contributed by atoms with Crippen LogP contribution in [0.4, 0.5) is 0 Å². The van der Waals surface area contributed by atoms with E-state index in [4.69, 9.17) is 11.6 Å². The normalized spacial score (nSPS) is 13.6. The molecule has 0 aliphatic carbocycles. The van der Waals surface area contributed by atoms with Crippen LogP contribution in [0.1, 0.15) is 50.7 Å². The van der Waals surface area contributed by atoms with Gasteiger partial charge < -0.3 is 5.11 Å². The third-order valence-corrected chi connectivity index (χ3v) is 4.32. The monoisotopic (exact) mass is 328 g/mol. The van der Waals surface area contributed by atoms with Crippen molar-refractivity contribution < 1.29 is 5.11 Å². The lowest BCUT2D eigenvalue weighted by molar-refractivity contribution is 0.227. The van der Waals surface area contributed by atoms with Gasteiger partial charge in [0, 0.05) is 5.02 Å². The molecule has 0 aromatic heterocycles. The predicted octanol–water partition coefficient (Wildman–Crippen LogP) is 6.10. The van der Waals surface area contributed by atoms with Crippen LogP contribution in [0.25, 0.3) is 5.57 Å². The average Bonchev–Trinajstić information content (AvgIpc) is 2.56. The molecule has 0 bridgehead atoms. The van der Waals surface area contributed by atoms with Gasteiger partial charge in [-0.2, -0.15) is 0 Å². The van der Waals surface area contributed by atoms with Gasteiger partial charge in [0.2, 0.25) is 0 Å². The van der Waals surface area contributed by atoms with Gasteiger partial charge in [0.1, 0.15) is 0 Å². The fourth-order valence-corrected chi connectivity index (χ4v) is 2.99. The molecule has 0 fully saturated rings. The maximum absolute atomic E-state index is 10.4. The Morgan fingerprint density at radius 3 is 2.13 bits per heavy atom. The summed E-state index contributed by atoms with van der Waals surface area (Å²) in [6.07, 6.45) is 3.91. The summed E-state index contributed by atoms with van der Waals surface area (Å²) in [5.74, 6) is 0. The zero-order valence-corrected chi connectivity index (χ0v) is 14.7. The number of rotatable bonds is 7. The molecule has 0 heterocycles. The minimum atomic E-state index is -0.460. The van der Waals surface area contributed by atoms with Gasteiger partial charge in [-0.25, -0.2) is 0 Å². The molecule has 0 saturated heterocycles. The first-order valence-electron chi connectivity index (χ1n) is 8.36. The summed E-state index contributed by atoms with van der Waals surface area (Å²) in [5, 5.41) is 11.1. The Bertz CT molecular complexity index is 627. The molecule has 2 aromatic carbocycles. The summed E-state index contributed by atoms with van der Waals surface area (Å²) < 4.78 is 0. The predicted molar refractivity (Wildman–Crippen MR) is 99.7 cm³/mol. The van der Waals surface area contributed by atoms with Gasteiger partial charge in [-0.05, 0) is 54.2 Å². The summed E-state index contributed by atoms with van der Waals surface area (Å²) in [6, 6.07) is 18.2. The second kappa shape index (κ2) is 8.90. The summed E-state index contributed by atoms with van der Waals surface area (Å²) in [4.78, 5) is 0. The van der Waals surface area contributed by atoms with Gasteiger partial charge in [-0.3, -0.25) is 0 Å². The van der Waals surface area contributed by atoms with Crippen molar-refractivity contribution in [2.24, 2.45) is 0 Å². The zero-order valence-electron chi connectivity index (χ0n) is 13.9. The Morgan fingerprint density at radius 2 is 1.57 bits per heavy atom. The van der Waals surface area contributed by atoms with Crippen molar-refractivity contribution in [2.45, 2.75) is 45.6 Å². The number of unbranched alkanes of at least 4 members (excludes halogenated alkanes) is 2. The third kappa shape index (κ3) is 4.95. The smallest absolute Gasteiger partial charge is 0.0731 e. The van der Waals surface area contributed by atoms with Crippen molar-refractivity contribution in [3.8, 4) is 0 Å². The molecule has 0 spiro atoms. The van der Waals surface area contributed by atoms with Crippen LogP contribution in [0.15, 0.2) is 60.2 Å². The topological polar surface area (TPSA) is 20.2 Å². The van der Waals surface area contributed by atoms with Crippen LogP contribution < -0.4 is 0 Å². The molecule has 122 valence electrons. The van der Waals surface area contributed by atoms with Crippen molar-refractivity contribution >= 4 is 17.2 Å². The van der Waals surface area contributed by atoms with E-state index in [9.17, 15) is 5.11 Å². The third-order valence-electron chi connectivity index (χ3n) is 4.07. The summed E-state index contributed by atoms with van der Waals surface area (Å²) in [7, 11) is 0. The van der Waals surface area contributed by atoms with Crippen molar-refractivity contribution in [1.82, 2.24) is 0 Å². The van der Waals surface area contributed by atoms with E-state index in [2.05, 4.69) is 19.1 Å². The first-order valence-corrected chi connectivity index (χ1v) is 8.73. The van der Waals surface area contributed by atoms with Gasteiger partial charge in [-0.15, -0.1) is 0 Å². The second-order valence-corrected chi connectivity index (χ2v) is 6.34. The zero-order chi connectivity index (χ0) is 16.7. The summed E-state index contributed by atoms with van der Waals surface area (Å²) >= 11 is 6.04. The van der Waals surface area contributed by atoms with Crippen molar-refractivity contribution in [1.29, 1.82) is 0 Å². The van der Waals surface area contributed by atoms with E-state index < -0.39 is 6.10 Å². The SMILES string of the molecule is CCCCC/C(=C(\c1ccccc1)c1ccc(Cl)cc1)C(C)O. The van der Waals surface area contributed by atoms with Crippen LogP contribution in [-0.2, 0) is 0 Å². The van der Waals surface area contributed by atoms with E-state index >= 15 is 0 Å². The van der Waals surface area contributed by atoms with E-state index in [1.54, 1.807) is 0 Å². The number of halogens is 1. The molecule has 0 radical (unpaired) electrons. The van der Waals surface area contributed by atoms with Crippen LogP contribution >= 0.6 is 11.6 Å². The average molecular weight is 329 g/mol. The number of hydrogen-bond donors (Lipinski definition) is 1. The number of benzene rings is 2. The lowest BCUT2D eigenvalue weighted by Crippen LogP contribution is -2.09. The summed E-state index contributed by atoms with van der Waals surface area (Å²) in [5.41, 5.74) is 4.48. The highest BCUT2D eigenvalue weighted by atomic mass is 35.5. The minimum absolute atomic E-state index is 0.460. The van der Waals surface area contributed by atoms with E-state index in [0.29, 0.717) is 0 Å². The molecule has 1 unspecified atom stereocenters. The van der Waals surface area contributed by atoms with E-state index in [-0.39, 0.29) is 0 Å². The Hall–Kier alpha value is -1.57. The van der Waals surface area contributed by atoms with Crippen molar-refractivity contribution in [2.75, 3.05) is 0 Å². The lowest BCUT2D eigenvalue weighted by Gasteiger charge is -2.19. The van der Waals surface area contributed by atoms with Crippen LogP contribution in [0.2, 0.25) is 5.02 Å². The molecule has 2 rings (SSSR count). The summed E-state index contributed by atoms with van der Waals surface area (Å²) in [6.45, 7) is 4.06. The first kappa shape index (κ1) is 17.8. The van der Waals surface area contributed by atoms with Gasteiger partial charge >= 0.3 is 0 Å². The fourth-order valence-electron chi connectivity index (χ4n) is 2.87. The molecular weight excluding hydrogens is 304 g/mol. The van der Waals surface area contributed by atoms with E-state index in [1.807, 2.05) is 49.4 Å². The molecule has 0 aliphatic rings. The fraction of sp³-hybridized carbons (Fsp3) is 0.333. The van der Waals surface area contributed by atoms with Crippen LogP contribution in [0.3, 0.4) is 0 Å². The largest absolute Gasteiger partial charge is 0.389 e. The molecule has 2 aromatic rings. The van der Waals surface area contributed by atoms with Crippen LogP contribution in [0, 0.1) is 0 Å². The molecule has 0 saturated carbocycles. The minimum Gasteiger partial charge on any atom is -0.389 e. The standard InChI is InChI=1S/C21H25ClO/c1-3-4-6-11-20(16(2)23)21(17-9-7-5-8-10-17)18-12-14-19(22)15-13-18/h5,7-10,12-16,23H,3-4,6,11H2,1-2H3/b21-20-. The maximum atomic E-state index is 10.4. The van der Waals surface area contributed by atoms with E-state index in [0.717, 1.165) is 40.1 Å². The quantitative estimate of drug-likeness (QED) is 0.608. The number of hydrogen-bond acceptors (Lipinski definition) is 1. The van der Waals surface area contributed by atoms with Gasteiger partial charge in [0.05, 0.1) is 6.10 Å². The lowest BCUT2D eigenvalue weighted by atomic mass is 9.88. The van der Waals surface area contributed by atoms with Crippen molar-refractivity contribution in [3.05, 3.63) is 76.3 Å². The van der Waals surface area contributed by atoms with Gasteiger partial charge in [0.15, 0.2) is 0 Å². The Kier molecular flexibility index (Phi) is 6.88. The first-order chi connectivity index (χ1) is 11.1. The maximum Gasteiger partial charge on any atom is 0.0731 e. The molecular formula is C21H25ClO. The highest BCUT2D eigenvalue weighted by molar-refractivity contribution is 6.30. The van der Waals surface area contributed by atoms with Crippen LogP contribution in [0.5, 0.6) is 0 Å². The molecule has 1 atom stereocenters. The van der Waals surface area contributed by atoms with Gasteiger partial charge in [0.25, 0.3) is 0 Å². The van der Waals surface area contributed by atoms with E-state index in [1.165, 1.54) is 12.8 Å². The molecule has 0 amide bonds. The number of aliphatic hydroxyl groups excluding tert-OH is 1. The van der Waals surface area contributed by atoms with Gasteiger partial charge in [-0.1, -0.05) is 73.8 Å². The Balaban J connectivity index is 2.53. The number of aliphatic hydroxyl groups is 1. The molecule has 1 N–H and O–H groups in total. The molecule has 0 aliphatic heterocycles. The molecule has 1 nitrogen and oxygen atoms in total. The molecule has 23 heavy (non-hydrogen) atoms. The van der Waals surface area contributed by atoms with Crippen molar-refractivity contribution in [3.63, 3.8) is 0 Å². The molecule has 2 heteroatoms.